The molecule has 0 amide bonds. The standard InChI is InChI=1S/C11H20N2O2S/c14-6-1-7-15-8-2-9-16-10-3-11-12-4-5-13-11/h4-5,14H,1-3,6-10H2,(H,12,13). The van der Waals surface area contributed by atoms with Gasteiger partial charge in [0.1, 0.15) is 5.82 Å². The number of hydrogen-bond acceptors (Lipinski definition) is 4. The molecule has 0 atom stereocenters. The first-order chi connectivity index (χ1) is 7.93. The van der Waals surface area contributed by atoms with E-state index in [1.807, 2.05) is 18.0 Å². The quantitative estimate of drug-likeness (QED) is 0.612. The Labute approximate surface area is 101 Å². The van der Waals surface area contributed by atoms with Crippen LogP contribution in [0.1, 0.15) is 18.7 Å². The Hall–Kier alpha value is -0.520. The van der Waals surface area contributed by atoms with Gasteiger partial charge in [0, 0.05) is 44.4 Å². The van der Waals surface area contributed by atoms with Gasteiger partial charge in [0.15, 0.2) is 0 Å². The van der Waals surface area contributed by atoms with Crippen molar-refractivity contribution in [2.24, 2.45) is 0 Å². The van der Waals surface area contributed by atoms with E-state index in [9.17, 15) is 0 Å². The van der Waals surface area contributed by atoms with E-state index in [1.165, 1.54) is 0 Å². The highest BCUT2D eigenvalue weighted by atomic mass is 32.2. The van der Waals surface area contributed by atoms with Crippen LogP contribution in [0.5, 0.6) is 0 Å². The van der Waals surface area contributed by atoms with Crippen molar-refractivity contribution in [2.45, 2.75) is 19.3 Å². The number of nitrogens with one attached hydrogen (secondary N) is 1. The second kappa shape index (κ2) is 9.69. The number of hydrogen-bond donors (Lipinski definition) is 2. The van der Waals surface area contributed by atoms with Crippen molar-refractivity contribution in [3.63, 3.8) is 0 Å². The summed E-state index contributed by atoms with van der Waals surface area (Å²) >= 11 is 1.93. The average molecular weight is 244 g/mol. The van der Waals surface area contributed by atoms with Crippen molar-refractivity contribution in [3.05, 3.63) is 18.2 Å². The van der Waals surface area contributed by atoms with Crippen molar-refractivity contribution in [2.75, 3.05) is 31.3 Å². The van der Waals surface area contributed by atoms with Crippen LogP contribution in [0.3, 0.4) is 0 Å². The summed E-state index contributed by atoms with van der Waals surface area (Å²) in [5.41, 5.74) is 0. The van der Waals surface area contributed by atoms with Crippen LogP contribution in [0.4, 0.5) is 0 Å². The molecule has 5 heteroatoms. The van der Waals surface area contributed by atoms with E-state index >= 15 is 0 Å². The number of aromatic nitrogens is 2. The molecule has 1 heterocycles. The number of imidazole rings is 1. The number of aryl methyl sites for hydroxylation is 1. The first-order valence-electron chi connectivity index (χ1n) is 5.68. The minimum absolute atomic E-state index is 0.220. The van der Waals surface area contributed by atoms with Gasteiger partial charge in [-0.25, -0.2) is 4.98 Å². The van der Waals surface area contributed by atoms with Crippen LogP contribution in [0.15, 0.2) is 12.4 Å². The third-order valence-corrected chi connectivity index (χ3v) is 3.13. The Bertz CT molecular complexity index is 242. The molecule has 0 aliphatic heterocycles. The summed E-state index contributed by atoms with van der Waals surface area (Å²) in [6.45, 7) is 1.69. The van der Waals surface area contributed by atoms with Gasteiger partial charge in [0.25, 0.3) is 0 Å². The van der Waals surface area contributed by atoms with Gasteiger partial charge < -0.3 is 14.8 Å². The molecule has 0 aliphatic carbocycles. The monoisotopic (exact) mass is 244 g/mol. The zero-order valence-corrected chi connectivity index (χ0v) is 10.3. The van der Waals surface area contributed by atoms with Gasteiger partial charge in [-0.3, -0.25) is 0 Å². The zero-order chi connectivity index (χ0) is 11.5. The van der Waals surface area contributed by atoms with Crippen LogP contribution in [0.25, 0.3) is 0 Å². The third-order valence-electron chi connectivity index (χ3n) is 2.06. The van der Waals surface area contributed by atoms with Crippen molar-refractivity contribution >= 4 is 11.8 Å². The number of ether oxygens (including phenoxy) is 1. The number of aliphatic hydroxyl groups excluding tert-OH is 1. The molecule has 0 aromatic carbocycles. The van der Waals surface area contributed by atoms with Gasteiger partial charge in [0.05, 0.1) is 0 Å². The Morgan fingerprint density at radius 1 is 1.31 bits per heavy atom. The van der Waals surface area contributed by atoms with Crippen molar-refractivity contribution < 1.29 is 9.84 Å². The maximum absolute atomic E-state index is 8.54. The van der Waals surface area contributed by atoms with E-state index in [4.69, 9.17) is 9.84 Å². The highest BCUT2D eigenvalue weighted by Gasteiger charge is 1.95. The lowest BCUT2D eigenvalue weighted by Gasteiger charge is -2.02. The molecular formula is C11H20N2O2S. The van der Waals surface area contributed by atoms with E-state index in [1.54, 1.807) is 6.20 Å². The molecular weight excluding hydrogens is 224 g/mol. The summed E-state index contributed by atoms with van der Waals surface area (Å²) < 4.78 is 5.33. The van der Waals surface area contributed by atoms with Crippen LogP contribution < -0.4 is 0 Å². The van der Waals surface area contributed by atoms with Crippen molar-refractivity contribution in [1.82, 2.24) is 9.97 Å². The zero-order valence-electron chi connectivity index (χ0n) is 9.52. The van der Waals surface area contributed by atoms with Gasteiger partial charge in [-0.15, -0.1) is 0 Å². The normalized spacial score (nSPS) is 10.8. The number of H-pyrrole nitrogens is 1. The maximum atomic E-state index is 8.54. The van der Waals surface area contributed by atoms with Gasteiger partial charge in [-0.2, -0.15) is 11.8 Å². The minimum Gasteiger partial charge on any atom is -0.396 e. The molecule has 0 aliphatic rings. The third kappa shape index (κ3) is 6.87. The van der Waals surface area contributed by atoms with Crippen LogP contribution in [-0.2, 0) is 11.2 Å². The molecule has 0 radical (unpaired) electrons. The van der Waals surface area contributed by atoms with E-state index in [0.717, 1.165) is 43.2 Å². The number of nitrogens with zero attached hydrogens (tertiary/aromatic N) is 1. The predicted molar refractivity (Wildman–Crippen MR) is 66.8 cm³/mol. The number of thioether (sulfide) groups is 1. The molecule has 4 nitrogen and oxygen atoms in total. The lowest BCUT2D eigenvalue weighted by atomic mass is 10.5. The molecule has 1 aromatic rings. The summed E-state index contributed by atoms with van der Waals surface area (Å²) in [5.74, 6) is 3.29. The highest BCUT2D eigenvalue weighted by Crippen LogP contribution is 2.05. The van der Waals surface area contributed by atoms with Gasteiger partial charge in [-0.05, 0) is 18.6 Å². The second-order valence-electron chi connectivity index (χ2n) is 3.44. The van der Waals surface area contributed by atoms with E-state index in [-0.39, 0.29) is 6.61 Å². The Morgan fingerprint density at radius 3 is 2.94 bits per heavy atom. The summed E-state index contributed by atoms with van der Waals surface area (Å²) in [6.07, 6.45) is 6.47. The molecule has 2 N–H and O–H groups in total. The van der Waals surface area contributed by atoms with E-state index in [0.29, 0.717) is 6.61 Å². The number of rotatable bonds is 10. The molecule has 0 saturated heterocycles. The Kier molecular flexibility index (Phi) is 8.20. The van der Waals surface area contributed by atoms with Crippen molar-refractivity contribution in [3.8, 4) is 0 Å². The van der Waals surface area contributed by atoms with Crippen LogP contribution >= 0.6 is 11.8 Å². The lowest BCUT2D eigenvalue weighted by molar-refractivity contribution is 0.117. The molecule has 16 heavy (non-hydrogen) atoms. The van der Waals surface area contributed by atoms with E-state index in [2.05, 4.69) is 9.97 Å². The summed E-state index contributed by atoms with van der Waals surface area (Å²) in [4.78, 5) is 7.26. The fourth-order valence-corrected chi connectivity index (χ4v) is 2.10. The lowest BCUT2D eigenvalue weighted by Crippen LogP contribution is -2.00. The Balaban J connectivity index is 1.78. The molecule has 0 fully saturated rings. The molecule has 1 rings (SSSR count). The highest BCUT2D eigenvalue weighted by molar-refractivity contribution is 7.99. The molecule has 0 unspecified atom stereocenters. The SMILES string of the molecule is OCCCOCCCSCCc1ncc[nH]1. The average Bonchev–Trinajstić information content (AvgIpc) is 2.80. The molecule has 0 bridgehead atoms. The largest absolute Gasteiger partial charge is 0.396 e. The van der Waals surface area contributed by atoms with Gasteiger partial charge in [-0.1, -0.05) is 0 Å². The summed E-state index contributed by atoms with van der Waals surface area (Å²) in [6, 6.07) is 0. The number of aliphatic hydroxyl groups is 1. The number of aromatic amines is 1. The molecule has 0 spiro atoms. The van der Waals surface area contributed by atoms with Crippen LogP contribution in [0, 0.1) is 0 Å². The van der Waals surface area contributed by atoms with Crippen LogP contribution in [0.2, 0.25) is 0 Å². The minimum atomic E-state index is 0.220. The fourth-order valence-electron chi connectivity index (χ4n) is 1.24. The van der Waals surface area contributed by atoms with Gasteiger partial charge in [0.2, 0.25) is 0 Å². The first kappa shape index (κ1) is 13.5. The van der Waals surface area contributed by atoms with Gasteiger partial charge >= 0.3 is 0 Å². The molecule has 1 aromatic heterocycles. The van der Waals surface area contributed by atoms with Crippen LogP contribution in [-0.4, -0.2) is 46.4 Å². The molecule has 0 saturated carbocycles. The molecule has 92 valence electrons. The van der Waals surface area contributed by atoms with Crippen molar-refractivity contribution in [1.29, 1.82) is 0 Å². The first-order valence-corrected chi connectivity index (χ1v) is 6.83. The Morgan fingerprint density at radius 2 is 2.19 bits per heavy atom. The topological polar surface area (TPSA) is 58.1 Å². The smallest absolute Gasteiger partial charge is 0.106 e. The van der Waals surface area contributed by atoms with E-state index < -0.39 is 0 Å². The second-order valence-corrected chi connectivity index (χ2v) is 4.67. The summed E-state index contributed by atoms with van der Waals surface area (Å²) in [7, 11) is 0. The maximum Gasteiger partial charge on any atom is 0.106 e. The fraction of sp³-hybridized carbons (Fsp3) is 0.727. The summed E-state index contributed by atoms with van der Waals surface area (Å²) in [5, 5.41) is 8.54. The predicted octanol–water partition coefficient (Wildman–Crippen LogP) is 1.47.